The zero-order chi connectivity index (χ0) is 27.7. The lowest BCUT2D eigenvalue weighted by molar-refractivity contribution is 0.0503. The van der Waals surface area contributed by atoms with Crippen LogP contribution in [0.25, 0.3) is 16.6 Å². The first kappa shape index (κ1) is 26.5. The van der Waals surface area contributed by atoms with Crippen molar-refractivity contribution in [3.63, 3.8) is 0 Å². The van der Waals surface area contributed by atoms with Crippen LogP contribution in [0.3, 0.4) is 0 Å². The average Bonchev–Trinajstić information content (AvgIpc) is 3.56. The highest BCUT2D eigenvalue weighted by Gasteiger charge is 2.24. The van der Waals surface area contributed by atoms with Crippen molar-refractivity contribution in [2.75, 3.05) is 18.6 Å². The number of aromatic nitrogens is 2. The van der Waals surface area contributed by atoms with E-state index in [-0.39, 0.29) is 34.4 Å². The number of thioether (sulfide) groups is 1. The highest BCUT2D eigenvalue weighted by molar-refractivity contribution is 8.13. The second-order valence-electron chi connectivity index (χ2n) is 9.04. The Bertz CT molecular complexity index is 1620. The van der Waals surface area contributed by atoms with Gasteiger partial charge in [0.2, 0.25) is 5.91 Å². The summed E-state index contributed by atoms with van der Waals surface area (Å²) in [5.41, 5.74) is 10.9. The number of fused-ring (bicyclic) bond motifs is 1. The number of carbonyl (C=O) groups excluding carboxylic acids is 3. The summed E-state index contributed by atoms with van der Waals surface area (Å²) in [5, 5.41) is 4.67. The van der Waals surface area contributed by atoms with Crippen molar-refractivity contribution in [1.29, 1.82) is 0 Å². The molecule has 1 aliphatic rings. The molecule has 2 aromatic heterocycles. The molecule has 2 N–H and O–H groups in total. The topological polar surface area (TPSA) is 119 Å². The van der Waals surface area contributed by atoms with Gasteiger partial charge in [-0.25, -0.2) is 9.31 Å². The third-order valence-electron chi connectivity index (χ3n) is 6.56. The molecule has 0 saturated heterocycles. The molecule has 0 spiro atoms. The van der Waals surface area contributed by atoms with Gasteiger partial charge in [-0.15, -0.1) is 11.8 Å². The molecule has 1 aliphatic heterocycles. The molecule has 9 nitrogen and oxygen atoms in total. The summed E-state index contributed by atoms with van der Waals surface area (Å²) in [6.07, 6.45) is 3.40. The maximum Gasteiger partial charge on any atom is 0.339 e. The minimum atomic E-state index is -0.560. The fourth-order valence-corrected chi connectivity index (χ4v) is 5.23. The molecule has 0 fully saturated rings. The molecular weight excluding hydrogens is 538 g/mol. The lowest BCUT2D eigenvalue weighted by Gasteiger charge is -2.19. The molecule has 2 unspecified atom stereocenters. The third-order valence-corrected chi connectivity index (χ3v) is 8.01. The van der Waals surface area contributed by atoms with Crippen molar-refractivity contribution < 1.29 is 19.1 Å². The highest BCUT2D eigenvalue weighted by Crippen LogP contribution is 2.28. The first-order chi connectivity index (χ1) is 18.7. The maximum absolute atomic E-state index is 13.5. The number of carbonyl (C=O) groups is 3. The minimum Gasteiger partial charge on any atom is -0.461 e. The monoisotopic (exact) mass is 561 g/mol. The van der Waals surface area contributed by atoms with Crippen molar-refractivity contribution in [2.45, 2.75) is 18.2 Å². The van der Waals surface area contributed by atoms with Gasteiger partial charge in [-0.2, -0.15) is 5.10 Å². The van der Waals surface area contributed by atoms with Crippen LogP contribution in [0.15, 0.2) is 72.0 Å². The van der Waals surface area contributed by atoms with Crippen LogP contribution < -0.4 is 10.6 Å². The van der Waals surface area contributed by atoms with Crippen LogP contribution in [0.2, 0.25) is 5.02 Å². The second-order valence-corrected chi connectivity index (χ2v) is 10.5. The van der Waals surface area contributed by atoms with Crippen LogP contribution in [0.4, 0.5) is 5.69 Å². The number of hydrogen-bond acceptors (Lipinski definition) is 7. The predicted molar refractivity (Wildman–Crippen MR) is 153 cm³/mol. The van der Waals surface area contributed by atoms with Crippen molar-refractivity contribution >= 4 is 57.9 Å². The van der Waals surface area contributed by atoms with Crippen LogP contribution in [-0.2, 0) is 4.74 Å². The summed E-state index contributed by atoms with van der Waals surface area (Å²) in [7, 11) is 1.62. The minimum absolute atomic E-state index is 0.0598. The van der Waals surface area contributed by atoms with Crippen molar-refractivity contribution in [3.05, 3.63) is 88.7 Å². The van der Waals surface area contributed by atoms with Crippen LogP contribution in [0.5, 0.6) is 0 Å². The highest BCUT2D eigenvalue weighted by atomic mass is 35.5. The van der Waals surface area contributed by atoms with E-state index in [4.69, 9.17) is 22.1 Å². The Hall–Kier alpha value is -4.15. The van der Waals surface area contributed by atoms with Gasteiger partial charge >= 0.3 is 5.97 Å². The van der Waals surface area contributed by atoms with E-state index in [1.165, 1.54) is 16.7 Å². The van der Waals surface area contributed by atoms with E-state index in [9.17, 15) is 14.4 Å². The van der Waals surface area contributed by atoms with Crippen LogP contribution >= 0.6 is 23.4 Å². The summed E-state index contributed by atoms with van der Waals surface area (Å²) < 4.78 is 7.16. The van der Waals surface area contributed by atoms with E-state index in [1.54, 1.807) is 84.1 Å². The smallest absolute Gasteiger partial charge is 0.339 e. The van der Waals surface area contributed by atoms with E-state index in [1.807, 2.05) is 6.92 Å². The molecule has 198 valence electrons. The summed E-state index contributed by atoms with van der Waals surface area (Å²) in [6, 6.07) is 15.1. The molecule has 5 rings (SSSR count). The molecule has 0 radical (unpaired) electrons. The van der Waals surface area contributed by atoms with Gasteiger partial charge in [-0.3, -0.25) is 14.6 Å². The zero-order valence-electron chi connectivity index (χ0n) is 21.1. The summed E-state index contributed by atoms with van der Waals surface area (Å²) >= 11 is 7.83. The normalized spacial score (nSPS) is 16.4. The number of amides is 2. The van der Waals surface area contributed by atoms with E-state index < -0.39 is 11.9 Å². The van der Waals surface area contributed by atoms with Gasteiger partial charge in [0.05, 0.1) is 39.1 Å². The molecule has 11 heteroatoms. The molecule has 39 heavy (non-hydrogen) atoms. The molecule has 0 saturated carbocycles. The molecule has 2 atom stereocenters. The number of benzene rings is 2. The van der Waals surface area contributed by atoms with Crippen molar-refractivity contribution in [2.24, 2.45) is 10.7 Å². The predicted octanol–water partition coefficient (Wildman–Crippen LogP) is 4.72. The second kappa shape index (κ2) is 10.9. The SMILES string of the molecule is CC1N=CSC1COC(=O)c1cc(N(C)C(=O)c2ccn3ncc(-c4ccc(C(N)=O)cc4)c3c2)ccc1Cl. The van der Waals surface area contributed by atoms with Crippen molar-refractivity contribution in [1.82, 2.24) is 9.61 Å². The number of esters is 1. The summed E-state index contributed by atoms with van der Waals surface area (Å²) in [5.74, 6) is -1.35. The fraction of sp³-hybridized carbons (Fsp3) is 0.179. The van der Waals surface area contributed by atoms with Gasteiger partial charge in [0.15, 0.2) is 0 Å². The number of pyridine rings is 1. The Morgan fingerprint density at radius 2 is 1.87 bits per heavy atom. The Morgan fingerprint density at radius 3 is 2.56 bits per heavy atom. The van der Waals surface area contributed by atoms with Gasteiger partial charge in [-0.1, -0.05) is 23.7 Å². The van der Waals surface area contributed by atoms with E-state index in [0.717, 1.165) is 11.1 Å². The number of nitrogens with zero attached hydrogens (tertiary/aromatic N) is 4. The standard InChI is InChI=1S/C28H24ClN5O4S/c1-16-25(39-15-31-16)14-38-28(37)21-12-20(7-8-23(21)29)33(2)27(36)19-9-10-34-24(11-19)22(13-32-34)17-3-5-18(6-4-17)26(30)35/h3-13,15-16,25H,14H2,1-2H3,(H2,30,35). The van der Waals surface area contributed by atoms with Crippen LogP contribution in [-0.4, -0.2) is 57.9 Å². The van der Waals surface area contributed by atoms with Gasteiger partial charge < -0.3 is 15.4 Å². The zero-order valence-corrected chi connectivity index (χ0v) is 22.6. The number of aliphatic imine (C=N–C) groups is 1. The molecule has 2 amide bonds. The quantitative estimate of drug-likeness (QED) is 0.326. The fourth-order valence-electron chi connectivity index (χ4n) is 4.17. The van der Waals surface area contributed by atoms with E-state index in [0.29, 0.717) is 22.3 Å². The number of rotatable bonds is 7. The van der Waals surface area contributed by atoms with Crippen molar-refractivity contribution in [3.8, 4) is 11.1 Å². The number of nitrogens with two attached hydrogens (primary N) is 1. The van der Waals surface area contributed by atoms with Gasteiger partial charge in [0.25, 0.3) is 5.91 Å². The van der Waals surface area contributed by atoms with Crippen LogP contribution in [0.1, 0.15) is 38.0 Å². The number of anilines is 1. The Morgan fingerprint density at radius 1 is 1.10 bits per heavy atom. The molecule has 3 heterocycles. The first-order valence-corrected chi connectivity index (χ1v) is 13.3. The number of primary amides is 1. The lowest BCUT2D eigenvalue weighted by Crippen LogP contribution is -2.27. The number of halogens is 1. The summed E-state index contributed by atoms with van der Waals surface area (Å²) in [4.78, 5) is 43.4. The van der Waals surface area contributed by atoms with Crippen LogP contribution in [0, 0.1) is 0 Å². The van der Waals surface area contributed by atoms with E-state index in [2.05, 4.69) is 10.1 Å². The van der Waals surface area contributed by atoms with E-state index >= 15 is 0 Å². The van der Waals surface area contributed by atoms with Gasteiger partial charge in [0.1, 0.15) is 6.61 Å². The number of hydrogen-bond donors (Lipinski definition) is 1. The third kappa shape index (κ3) is 5.39. The Balaban J connectivity index is 1.37. The van der Waals surface area contributed by atoms with Gasteiger partial charge in [0, 0.05) is 35.6 Å². The Labute approximate surface area is 233 Å². The molecule has 0 bridgehead atoms. The molecule has 4 aromatic rings. The largest absolute Gasteiger partial charge is 0.461 e. The Kier molecular flexibility index (Phi) is 7.40. The lowest BCUT2D eigenvalue weighted by atomic mass is 10.0. The van der Waals surface area contributed by atoms with Gasteiger partial charge in [-0.05, 0) is 55.0 Å². The first-order valence-electron chi connectivity index (χ1n) is 12.0. The number of ether oxygens (including phenoxy) is 1. The summed E-state index contributed by atoms with van der Waals surface area (Å²) in [6.45, 7) is 2.17. The molecule has 2 aromatic carbocycles. The molecule has 0 aliphatic carbocycles. The average molecular weight is 562 g/mol. The maximum atomic E-state index is 13.5. The molecular formula is C28H24ClN5O4S.